The van der Waals surface area contributed by atoms with E-state index in [0.717, 1.165) is 11.3 Å². The largest absolute Gasteiger partial charge is 0.497 e. The van der Waals surface area contributed by atoms with Crippen LogP contribution in [0.2, 0.25) is 0 Å². The number of nitrogens with zero attached hydrogens (tertiary/aromatic N) is 1. The van der Waals surface area contributed by atoms with E-state index in [0.29, 0.717) is 24.5 Å². The topological polar surface area (TPSA) is 67.9 Å². The minimum absolute atomic E-state index is 0.0638. The van der Waals surface area contributed by atoms with Gasteiger partial charge in [-0.25, -0.2) is 0 Å². The van der Waals surface area contributed by atoms with Crippen molar-refractivity contribution >= 4 is 11.8 Å². The fourth-order valence-electron chi connectivity index (χ4n) is 2.27. The van der Waals surface area contributed by atoms with Gasteiger partial charge in [0, 0.05) is 12.6 Å². The van der Waals surface area contributed by atoms with Crippen molar-refractivity contribution in [1.82, 2.24) is 10.2 Å². The van der Waals surface area contributed by atoms with E-state index in [1.54, 1.807) is 38.4 Å². The molecule has 2 aromatic rings. The zero-order chi connectivity index (χ0) is 18.9. The van der Waals surface area contributed by atoms with Gasteiger partial charge in [0.15, 0.2) is 0 Å². The van der Waals surface area contributed by atoms with E-state index in [1.807, 2.05) is 31.2 Å². The number of hydrogen-bond donors (Lipinski definition) is 1. The molecule has 0 aliphatic carbocycles. The summed E-state index contributed by atoms with van der Waals surface area (Å²) in [6, 6.07) is 14.4. The molecule has 2 amide bonds. The van der Waals surface area contributed by atoms with Crippen molar-refractivity contribution in [3.8, 4) is 11.5 Å². The minimum atomic E-state index is -0.300. The normalized spacial score (nSPS) is 10.1. The fraction of sp³-hybridized carbons (Fsp3) is 0.300. The Morgan fingerprint density at radius 1 is 1.08 bits per heavy atom. The standard InChI is InChI=1S/C20H24N2O4/c1-15-6-4-5-7-18(15)26-13-12-22(2)19(23)14-21-20(24)16-8-10-17(25-3)11-9-16/h4-11H,12-14H2,1-3H3,(H,21,24). The molecule has 2 rings (SSSR count). The fourth-order valence-corrected chi connectivity index (χ4v) is 2.27. The molecule has 0 aliphatic heterocycles. The number of aryl methyl sites for hydroxylation is 1. The number of rotatable bonds is 8. The van der Waals surface area contributed by atoms with Gasteiger partial charge < -0.3 is 19.7 Å². The molecule has 0 atom stereocenters. The predicted molar refractivity (Wildman–Crippen MR) is 99.6 cm³/mol. The second-order valence-electron chi connectivity index (χ2n) is 5.84. The first-order valence-electron chi connectivity index (χ1n) is 8.36. The Kier molecular flexibility index (Phi) is 7.02. The average Bonchev–Trinajstić information content (AvgIpc) is 2.67. The SMILES string of the molecule is COc1ccc(C(=O)NCC(=O)N(C)CCOc2ccccc2C)cc1. The number of carbonyl (C=O) groups is 2. The number of carbonyl (C=O) groups excluding carboxylic acids is 2. The van der Waals surface area contributed by atoms with Crippen molar-refractivity contribution in [2.75, 3.05) is 33.9 Å². The van der Waals surface area contributed by atoms with E-state index in [4.69, 9.17) is 9.47 Å². The molecule has 0 aliphatic rings. The quantitative estimate of drug-likeness (QED) is 0.788. The summed E-state index contributed by atoms with van der Waals surface area (Å²) in [7, 11) is 3.25. The van der Waals surface area contributed by atoms with Gasteiger partial charge in [0.1, 0.15) is 18.1 Å². The van der Waals surface area contributed by atoms with Crippen LogP contribution in [0.5, 0.6) is 11.5 Å². The first-order valence-corrected chi connectivity index (χ1v) is 8.36. The molecule has 0 bridgehead atoms. The second-order valence-corrected chi connectivity index (χ2v) is 5.84. The predicted octanol–water partition coefficient (Wildman–Crippen LogP) is 2.27. The zero-order valence-electron chi connectivity index (χ0n) is 15.3. The third kappa shape index (κ3) is 5.51. The Bertz CT molecular complexity index is 744. The summed E-state index contributed by atoms with van der Waals surface area (Å²) in [5.74, 6) is 0.998. The molecule has 0 aromatic heterocycles. The maximum Gasteiger partial charge on any atom is 0.251 e. The van der Waals surface area contributed by atoms with E-state index in [9.17, 15) is 9.59 Å². The highest BCUT2D eigenvalue weighted by atomic mass is 16.5. The number of para-hydroxylation sites is 1. The highest BCUT2D eigenvalue weighted by molar-refractivity contribution is 5.96. The molecule has 0 saturated carbocycles. The van der Waals surface area contributed by atoms with Crippen molar-refractivity contribution in [3.63, 3.8) is 0 Å². The van der Waals surface area contributed by atoms with Crippen LogP contribution in [-0.4, -0.2) is 50.6 Å². The van der Waals surface area contributed by atoms with Gasteiger partial charge in [-0.1, -0.05) is 18.2 Å². The van der Waals surface area contributed by atoms with Gasteiger partial charge in [-0.05, 0) is 42.8 Å². The third-order valence-corrected chi connectivity index (χ3v) is 3.96. The van der Waals surface area contributed by atoms with Crippen molar-refractivity contribution in [2.45, 2.75) is 6.92 Å². The van der Waals surface area contributed by atoms with Crippen LogP contribution >= 0.6 is 0 Å². The van der Waals surface area contributed by atoms with Gasteiger partial charge in [0.25, 0.3) is 5.91 Å². The van der Waals surface area contributed by atoms with E-state index < -0.39 is 0 Å². The first kappa shape index (κ1) is 19.3. The van der Waals surface area contributed by atoms with Crippen LogP contribution < -0.4 is 14.8 Å². The first-order chi connectivity index (χ1) is 12.5. The van der Waals surface area contributed by atoms with E-state index in [-0.39, 0.29) is 18.4 Å². The van der Waals surface area contributed by atoms with Gasteiger partial charge in [-0.3, -0.25) is 9.59 Å². The monoisotopic (exact) mass is 356 g/mol. The van der Waals surface area contributed by atoms with Gasteiger partial charge in [0.05, 0.1) is 20.2 Å². The third-order valence-electron chi connectivity index (χ3n) is 3.96. The Hall–Kier alpha value is -3.02. The molecule has 1 N–H and O–H groups in total. The molecule has 6 nitrogen and oxygen atoms in total. The van der Waals surface area contributed by atoms with E-state index in [2.05, 4.69) is 5.32 Å². The van der Waals surface area contributed by atoms with Gasteiger partial charge >= 0.3 is 0 Å². The number of likely N-dealkylation sites (N-methyl/N-ethyl adjacent to an activating group) is 1. The Morgan fingerprint density at radius 2 is 1.77 bits per heavy atom. The van der Waals surface area contributed by atoms with Crippen molar-refractivity contribution in [1.29, 1.82) is 0 Å². The van der Waals surface area contributed by atoms with E-state index in [1.165, 1.54) is 4.90 Å². The summed E-state index contributed by atoms with van der Waals surface area (Å²) in [5, 5.41) is 2.62. The van der Waals surface area contributed by atoms with Crippen molar-refractivity contribution in [2.24, 2.45) is 0 Å². The van der Waals surface area contributed by atoms with E-state index >= 15 is 0 Å². The Labute approximate surface area is 153 Å². The lowest BCUT2D eigenvalue weighted by Crippen LogP contribution is -2.39. The lowest BCUT2D eigenvalue weighted by atomic mass is 10.2. The summed E-state index contributed by atoms with van der Waals surface area (Å²) in [5.41, 5.74) is 1.53. The molecule has 0 spiro atoms. The second kappa shape index (κ2) is 9.46. The zero-order valence-corrected chi connectivity index (χ0v) is 15.3. The van der Waals surface area contributed by atoms with Gasteiger partial charge in [0.2, 0.25) is 5.91 Å². The number of amides is 2. The smallest absolute Gasteiger partial charge is 0.251 e. The highest BCUT2D eigenvalue weighted by Gasteiger charge is 2.12. The molecule has 138 valence electrons. The number of nitrogens with one attached hydrogen (secondary N) is 1. The van der Waals surface area contributed by atoms with Gasteiger partial charge in [-0.2, -0.15) is 0 Å². The lowest BCUT2D eigenvalue weighted by molar-refractivity contribution is -0.129. The summed E-state index contributed by atoms with van der Waals surface area (Å²) in [4.78, 5) is 25.7. The number of ether oxygens (including phenoxy) is 2. The summed E-state index contributed by atoms with van der Waals surface area (Å²) in [6.45, 7) is 2.73. The van der Waals surface area contributed by atoms with Crippen LogP contribution in [0.1, 0.15) is 15.9 Å². The van der Waals surface area contributed by atoms with Crippen LogP contribution in [-0.2, 0) is 4.79 Å². The Morgan fingerprint density at radius 3 is 2.42 bits per heavy atom. The summed E-state index contributed by atoms with van der Waals surface area (Å²) in [6.07, 6.45) is 0. The summed E-state index contributed by atoms with van der Waals surface area (Å²) < 4.78 is 10.7. The molecule has 0 radical (unpaired) electrons. The van der Waals surface area contributed by atoms with Crippen LogP contribution in [0.4, 0.5) is 0 Å². The highest BCUT2D eigenvalue weighted by Crippen LogP contribution is 2.15. The average molecular weight is 356 g/mol. The molecular formula is C20H24N2O4. The number of benzene rings is 2. The van der Waals surface area contributed by atoms with Crippen molar-refractivity contribution < 1.29 is 19.1 Å². The molecule has 0 unspecified atom stereocenters. The van der Waals surface area contributed by atoms with Crippen LogP contribution in [0.25, 0.3) is 0 Å². The molecule has 0 saturated heterocycles. The maximum atomic E-state index is 12.1. The number of hydrogen-bond acceptors (Lipinski definition) is 4. The molecular weight excluding hydrogens is 332 g/mol. The maximum absolute atomic E-state index is 12.1. The molecule has 26 heavy (non-hydrogen) atoms. The Balaban J connectivity index is 1.74. The molecule has 0 fully saturated rings. The molecule has 0 heterocycles. The van der Waals surface area contributed by atoms with Gasteiger partial charge in [-0.15, -0.1) is 0 Å². The lowest BCUT2D eigenvalue weighted by Gasteiger charge is -2.18. The molecule has 2 aromatic carbocycles. The molecule has 6 heteroatoms. The van der Waals surface area contributed by atoms with Crippen LogP contribution in [0, 0.1) is 6.92 Å². The van der Waals surface area contributed by atoms with Crippen LogP contribution in [0.15, 0.2) is 48.5 Å². The van der Waals surface area contributed by atoms with Crippen LogP contribution in [0.3, 0.4) is 0 Å². The number of methoxy groups -OCH3 is 1. The van der Waals surface area contributed by atoms with Crippen molar-refractivity contribution in [3.05, 3.63) is 59.7 Å². The minimum Gasteiger partial charge on any atom is -0.497 e. The summed E-state index contributed by atoms with van der Waals surface area (Å²) >= 11 is 0.